The van der Waals surface area contributed by atoms with Gasteiger partial charge in [0.05, 0.1) is 0 Å². The Kier molecular flexibility index (Phi) is 2.55. The van der Waals surface area contributed by atoms with E-state index in [1.54, 1.807) is 6.20 Å². The Morgan fingerprint density at radius 2 is 2.40 bits per heavy atom. The molecule has 0 radical (unpaired) electrons. The van der Waals surface area contributed by atoms with Crippen LogP contribution in [0.1, 0.15) is 13.3 Å². The number of nitrogen functional groups attached to an aromatic ring is 1. The smallest absolute Gasteiger partial charge is 0.214 e. The third-order valence-corrected chi connectivity index (χ3v) is 2.37. The molecule has 0 fully saturated rings. The lowest BCUT2D eigenvalue weighted by atomic mass is 10.4. The highest BCUT2D eigenvalue weighted by atomic mass is 32.1. The van der Waals surface area contributed by atoms with Gasteiger partial charge in [-0.2, -0.15) is 10.2 Å². The predicted octanol–water partition coefficient (Wildman–Crippen LogP) is 0.928. The number of aromatic nitrogens is 5. The molecule has 0 unspecified atom stereocenters. The van der Waals surface area contributed by atoms with Crippen molar-refractivity contribution in [2.45, 2.75) is 19.9 Å². The van der Waals surface area contributed by atoms with Crippen molar-refractivity contribution in [3.63, 3.8) is 0 Å². The highest BCUT2D eigenvalue weighted by Crippen LogP contribution is 2.14. The minimum atomic E-state index is 0.397. The van der Waals surface area contributed by atoms with E-state index in [0.29, 0.717) is 10.6 Å². The van der Waals surface area contributed by atoms with E-state index in [4.69, 9.17) is 18.1 Å². The Balaban J connectivity index is 2.49. The maximum atomic E-state index is 5.74. The first kappa shape index (κ1) is 9.91. The first-order chi connectivity index (χ1) is 7.24. The van der Waals surface area contributed by atoms with Gasteiger partial charge in [-0.1, -0.05) is 6.92 Å². The number of aromatic amines is 1. The Labute approximate surface area is 91.7 Å². The van der Waals surface area contributed by atoms with Crippen LogP contribution in [0.5, 0.6) is 0 Å². The van der Waals surface area contributed by atoms with E-state index in [1.807, 2.05) is 10.7 Å². The number of hydrogen-bond acceptors (Lipinski definition) is 4. The molecule has 0 saturated carbocycles. The molecule has 2 aromatic heterocycles. The summed E-state index contributed by atoms with van der Waals surface area (Å²) >= 11 is 4.95. The SMILES string of the molecule is CCCn1nccc1-c1n[nH]c(=S)n1N. The van der Waals surface area contributed by atoms with E-state index < -0.39 is 0 Å². The molecule has 0 aliphatic rings. The van der Waals surface area contributed by atoms with Crippen LogP contribution < -0.4 is 5.84 Å². The molecule has 15 heavy (non-hydrogen) atoms. The second-order valence-electron chi connectivity index (χ2n) is 3.16. The molecule has 0 atom stereocenters. The highest BCUT2D eigenvalue weighted by Gasteiger charge is 2.11. The van der Waals surface area contributed by atoms with Crippen molar-refractivity contribution >= 4 is 12.2 Å². The molecule has 0 aliphatic heterocycles. The summed E-state index contributed by atoms with van der Waals surface area (Å²) in [4.78, 5) is 0. The van der Waals surface area contributed by atoms with Crippen LogP contribution in [0.15, 0.2) is 12.3 Å². The van der Waals surface area contributed by atoms with Gasteiger partial charge in [-0.3, -0.25) is 4.68 Å². The average molecular weight is 224 g/mol. The van der Waals surface area contributed by atoms with Crippen molar-refractivity contribution in [3.05, 3.63) is 17.0 Å². The van der Waals surface area contributed by atoms with Crippen molar-refractivity contribution < 1.29 is 0 Å². The maximum absolute atomic E-state index is 5.74. The van der Waals surface area contributed by atoms with E-state index >= 15 is 0 Å². The lowest BCUT2D eigenvalue weighted by Crippen LogP contribution is -2.12. The van der Waals surface area contributed by atoms with Gasteiger partial charge in [-0.05, 0) is 24.7 Å². The molecule has 0 bridgehead atoms. The number of nitrogens with two attached hydrogens (primary N) is 1. The van der Waals surface area contributed by atoms with Crippen LogP contribution in [-0.2, 0) is 6.54 Å². The first-order valence-corrected chi connectivity index (χ1v) is 5.09. The minimum absolute atomic E-state index is 0.397. The molecule has 80 valence electrons. The van der Waals surface area contributed by atoms with Gasteiger partial charge in [0.25, 0.3) is 0 Å². The standard InChI is InChI=1S/C8H12N6S/c1-2-5-13-6(3-4-10-13)7-11-12-8(15)14(7)9/h3-4H,2,5,9H2,1H3,(H,12,15). The van der Waals surface area contributed by atoms with Gasteiger partial charge < -0.3 is 5.84 Å². The summed E-state index contributed by atoms with van der Waals surface area (Å²) in [5.74, 6) is 6.34. The maximum Gasteiger partial charge on any atom is 0.214 e. The summed E-state index contributed by atoms with van der Waals surface area (Å²) in [6, 6.07) is 1.87. The lowest BCUT2D eigenvalue weighted by Gasteiger charge is -2.04. The van der Waals surface area contributed by atoms with Gasteiger partial charge in [-0.15, -0.1) is 0 Å². The lowest BCUT2D eigenvalue weighted by molar-refractivity contribution is 0.605. The van der Waals surface area contributed by atoms with Gasteiger partial charge >= 0.3 is 0 Å². The topological polar surface area (TPSA) is 77.5 Å². The number of rotatable bonds is 3. The van der Waals surface area contributed by atoms with Crippen LogP contribution in [0.3, 0.4) is 0 Å². The quantitative estimate of drug-likeness (QED) is 0.600. The van der Waals surface area contributed by atoms with Gasteiger partial charge in [-0.25, -0.2) is 9.77 Å². The Morgan fingerprint density at radius 1 is 1.60 bits per heavy atom. The molecule has 0 aliphatic carbocycles. The van der Waals surface area contributed by atoms with Gasteiger partial charge in [0.2, 0.25) is 4.77 Å². The molecule has 2 heterocycles. The predicted molar refractivity (Wildman–Crippen MR) is 59.1 cm³/mol. The van der Waals surface area contributed by atoms with E-state index in [1.165, 1.54) is 4.68 Å². The Hall–Kier alpha value is -1.63. The van der Waals surface area contributed by atoms with Crippen LogP contribution in [0, 0.1) is 4.77 Å². The second-order valence-corrected chi connectivity index (χ2v) is 3.55. The summed E-state index contributed by atoms with van der Waals surface area (Å²) in [6.07, 6.45) is 2.73. The van der Waals surface area contributed by atoms with Gasteiger partial charge in [0.1, 0.15) is 5.69 Å². The zero-order chi connectivity index (χ0) is 10.8. The third-order valence-electron chi connectivity index (χ3n) is 2.09. The highest BCUT2D eigenvalue weighted by molar-refractivity contribution is 7.71. The van der Waals surface area contributed by atoms with Crippen LogP contribution >= 0.6 is 12.2 Å². The monoisotopic (exact) mass is 224 g/mol. The van der Waals surface area contributed by atoms with Crippen molar-refractivity contribution in [1.29, 1.82) is 0 Å². The minimum Gasteiger partial charge on any atom is -0.335 e. The summed E-state index contributed by atoms with van der Waals surface area (Å²) in [6.45, 7) is 2.92. The zero-order valence-electron chi connectivity index (χ0n) is 8.34. The summed E-state index contributed by atoms with van der Waals surface area (Å²) < 4.78 is 3.60. The number of H-pyrrole nitrogens is 1. The fraction of sp³-hybridized carbons (Fsp3) is 0.375. The molecule has 6 nitrogen and oxygen atoms in total. The van der Waals surface area contributed by atoms with E-state index in [2.05, 4.69) is 22.2 Å². The second kappa shape index (κ2) is 3.85. The molecular formula is C8H12N6S. The Bertz CT molecular complexity index is 507. The Morgan fingerprint density at radius 3 is 3.00 bits per heavy atom. The number of hydrogen-bond donors (Lipinski definition) is 2. The molecule has 7 heteroatoms. The summed E-state index contributed by atoms with van der Waals surface area (Å²) in [7, 11) is 0. The third kappa shape index (κ3) is 1.65. The van der Waals surface area contributed by atoms with Crippen LogP contribution in [0.25, 0.3) is 11.5 Å². The number of nitrogens with one attached hydrogen (secondary N) is 1. The van der Waals surface area contributed by atoms with Crippen LogP contribution in [-0.4, -0.2) is 24.7 Å². The molecule has 0 aromatic carbocycles. The first-order valence-electron chi connectivity index (χ1n) is 4.68. The van der Waals surface area contributed by atoms with Crippen LogP contribution in [0.4, 0.5) is 0 Å². The fourth-order valence-corrected chi connectivity index (χ4v) is 1.53. The summed E-state index contributed by atoms with van der Waals surface area (Å²) in [5, 5.41) is 10.9. The van der Waals surface area contributed by atoms with Crippen molar-refractivity contribution in [1.82, 2.24) is 24.7 Å². The van der Waals surface area contributed by atoms with Crippen molar-refractivity contribution in [2.24, 2.45) is 0 Å². The zero-order valence-corrected chi connectivity index (χ0v) is 9.16. The normalized spacial score (nSPS) is 10.7. The number of aryl methyl sites for hydroxylation is 1. The molecule has 3 N–H and O–H groups in total. The number of nitrogens with zero attached hydrogens (tertiary/aromatic N) is 4. The van der Waals surface area contributed by atoms with Crippen molar-refractivity contribution in [2.75, 3.05) is 5.84 Å². The average Bonchev–Trinajstić information content (AvgIpc) is 2.77. The van der Waals surface area contributed by atoms with Gasteiger partial charge in [0, 0.05) is 12.7 Å². The van der Waals surface area contributed by atoms with E-state index in [9.17, 15) is 0 Å². The van der Waals surface area contributed by atoms with E-state index in [-0.39, 0.29) is 0 Å². The molecule has 0 amide bonds. The van der Waals surface area contributed by atoms with E-state index in [0.717, 1.165) is 18.7 Å². The van der Waals surface area contributed by atoms with Crippen LogP contribution in [0.2, 0.25) is 0 Å². The fourth-order valence-electron chi connectivity index (χ4n) is 1.40. The molecule has 0 saturated heterocycles. The van der Waals surface area contributed by atoms with Gasteiger partial charge in [0.15, 0.2) is 5.82 Å². The molecule has 2 aromatic rings. The largest absolute Gasteiger partial charge is 0.335 e. The molecule has 2 rings (SSSR count). The molecule has 0 spiro atoms. The molecular weight excluding hydrogens is 212 g/mol. The van der Waals surface area contributed by atoms with Crippen molar-refractivity contribution in [3.8, 4) is 11.5 Å². The summed E-state index contributed by atoms with van der Waals surface area (Å²) in [5.41, 5.74) is 0.867.